The fourth-order valence-corrected chi connectivity index (χ4v) is 2.71. The Morgan fingerprint density at radius 2 is 1.90 bits per heavy atom. The normalized spacial score (nSPS) is 12.2. The summed E-state index contributed by atoms with van der Waals surface area (Å²) in [5.74, 6) is 0.860. The summed E-state index contributed by atoms with van der Waals surface area (Å²) >= 11 is 10.2. The van der Waals surface area contributed by atoms with E-state index in [0.29, 0.717) is 6.61 Å². The second-order valence-corrected chi connectivity index (χ2v) is 6.14. The highest BCUT2D eigenvalue weighted by Crippen LogP contribution is 2.36. The number of hydrogen-bond donors (Lipinski definition) is 0. The van der Waals surface area contributed by atoms with Crippen molar-refractivity contribution < 1.29 is 4.74 Å². The van der Waals surface area contributed by atoms with Crippen LogP contribution in [0.3, 0.4) is 0 Å². The maximum Gasteiger partial charge on any atom is 0.124 e. The first-order chi connectivity index (χ1) is 9.52. The Bertz CT molecular complexity index is 610. The Morgan fingerprint density at radius 1 is 1.15 bits per heavy atom. The van der Waals surface area contributed by atoms with Crippen molar-refractivity contribution >= 4 is 27.5 Å². The quantitative estimate of drug-likeness (QED) is 0.632. The van der Waals surface area contributed by atoms with E-state index in [0.717, 1.165) is 21.3 Å². The monoisotopic (exact) mass is 352 g/mol. The third-order valence-corrected chi connectivity index (χ3v) is 4.59. The molecule has 0 aromatic heterocycles. The van der Waals surface area contributed by atoms with Gasteiger partial charge in [-0.3, -0.25) is 0 Å². The Morgan fingerprint density at radius 3 is 2.55 bits per heavy atom. The van der Waals surface area contributed by atoms with Crippen molar-refractivity contribution in [3.8, 4) is 5.75 Å². The SMILES string of the molecule is CCOc1ccc(C)cc1C(Cl)c1ccc(Br)c(C)c1. The smallest absolute Gasteiger partial charge is 0.124 e. The van der Waals surface area contributed by atoms with Crippen molar-refractivity contribution in [1.82, 2.24) is 0 Å². The molecule has 2 aromatic rings. The van der Waals surface area contributed by atoms with Crippen LogP contribution in [0.5, 0.6) is 5.75 Å². The van der Waals surface area contributed by atoms with Gasteiger partial charge >= 0.3 is 0 Å². The van der Waals surface area contributed by atoms with Crippen LogP contribution in [0.1, 0.15) is 34.6 Å². The molecule has 1 unspecified atom stereocenters. The largest absolute Gasteiger partial charge is 0.494 e. The van der Waals surface area contributed by atoms with Gasteiger partial charge in [0.15, 0.2) is 0 Å². The molecule has 20 heavy (non-hydrogen) atoms. The van der Waals surface area contributed by atoms with Crippen molar-refractivity contribution in [2.24, 2.45) is 0 Å². The average Bonchev–Trinajstić information content (AvgIpc) is 2.43. The van der Waals surface area contributed by atoms with E-state index >= 15 is 0 Å². The van der Waals surface area contributed by atoms with Gasteiger partial charge in [-0.25, -0.2) is 0 Å². The predicted molar refractivity (Wildman–Crippen MR) is 88.9 cm³/mol. The van der Waals surface area contributed by atoms with Crippen molar-refractivity contribution in [2.75, 3.05) is 6.61 Å². The molecule has 0 radical (unpaired) electrons. The van der Waals surface area contributed by atoms with Crippen molar-refractivity contribution in [3.63, 3.8) is 0 Å². The summed E-state index contributed by atoms with van der Waals surface area (Å²) in [5, 5.41) is -0.205. The molecule has 0 amide bonds. The van der Waals surface area contributed by atoms with Crippen LogP contribution in [0.15, 0.2) is 40.9 Å². The molecule has 3 heteroatoms. The van der Waals surface area contributed by atoms with Crippen LogP contribution in [0.4, 0.5) is 0 Å². The maximum absolute atomic E-state index is 6.67. The van der Waals surface area contributed by atoms with Crippen LogP contribution in [0.2, 0.25) is 0 Å². The molecule has 0 spiro atoms. The molecule has 0 bridgehead atoms. The van der Waals surface area contributed by atoms with Gasteiger partial charge in [0.05, 0.1) is 12.0 Å². The highest BCUT2D eigenvalue weighted by Gasteiger charge is 2.16. The van der Waals surface area contributed by atoms with Gasteiger partial charge in [0, 0.05) is 10.0 Å². The zero-order chi connectivity index (χ0) is 14.7. The van der Waals surface area contributed by atoms with Crippen LogP contribution < -0.4 is 4.74 Å². The van der Waals surface area contributed by atoms with Gasteiger partial charge < -0.3 is 4.74 Å². The molecule has 0 N–H and O–H groups in total. The highest BCUT2D eigenvalue weighted by atomic mass is 79.9. The summed E-state index contributed by atoms with van der Waals surface area (Å²) in [6, 6.07) is 12.3. The Hall–Kier alpha value is -0.990. The third-order valence-electron chi connectivity index (χ3n) is 3.21. The maximum atomic E-state index is 6.67. The molecule has 2 rings (SSSR count). The lowest BCUT2D eigenvalue weighted by Crippen LogP contribution is -2.01. The number of aryl methyl sites for hydroxylation is 2. The molecule has 0 aliphatic carbocycles. The zero-order valence-corrected chi connectivity index (χ0v) is 14.3. The van der Waals surface area contributed by atoms with Crippen LogP contribution in [0.25, 0.3) is 0 Å². The Balaban J connectivity index is 2.43. The van der Waals surface area contributed by atoms with E-state index in [-0.39, 0.29) is 5.38 Å². The standard InChI is InChI=1S/C17H18BrClO/c1-4-20-16-8-5-11(2)9-14(16)17(19)13-6-7-15(18)12(3)10-13/h5-10,17H,4H2,1-3H3. The van der Waals surface area contributed by atoms with Gasteiger partial charge in [-0.15, -0.1) is 11.6 Å². The molecule has 1 nitrogen and oxygen atoms in total. The first-order valence-corrected chi connectivity index (χ1v) is 7.89. The minimum Gasteiger partial charge on any atom is -0.494 e. The summed E-state index contributed by atoms with van der Waals surface area (Å²) in [5.41, 5.74) is 4.47. The van der Waals surface area contributed by atoms with Gasteiger partial charge in [-0.1, -0.05) is 45.8 Å². The topological polar surface area (TPSA) is 9.23 Å². The number of rotatable bonds is 4. The zero-order valence-electron chi connectivity index (χ0n) is 11.9. The van der Waals surface area contributed by atoms with Crippen molar-refractivity contribution in [3.05, 3.63) is 63.1 Å². The fraction of sp³-hybridized carbons (Fsp3) is 0.294. The van der Waals surface area contributed by atoms with E-state index < -0.39 is 0 Å². The first-order valence-electron chi connectivity index (χ1n) is 6.66. The van der Waals surface area contributed by atoms with E-state index in [9.17, 15) is 0 Å². The number of hydrogen-bond acceptors (Lipinski definition) is 1. The molecule has 0 aliphatic heterocycles. The van der Waals surface area contributed by atoms with Gasteiger partial charge in [0.2, 0.25) is 0 Å². The van der Waals surface area contributed by atoms with E-state index in [1.807, 2.05) is 31.2 Å². The Labute approximate surface area is 134 Å². The molecule has 0 saturated carbocycles. The summed E-state index contributed by atoms with van der Waals surface area (Å²) in [4.78, 5) is 0. The molecular weight excluding hydrogens is 336 g/mol. The Kier molecular flexibility index (Phi) is 5.11. The van der Waals surface area contributed by atoms with E-state index in [4.69, 9.17) is 16.3 Å². The van der Waals surface area contributed by atoms with Crippen molar-refractivity contribution in [2.45, 2.75) is 26.1 Å². The molecule has 1 atom stereocenters. The number of alkyl halides is 1. The lowest BCUT2D eigenvalue weighted by molar-refractivity contribution is 0.337. The second-order valence-electron chi connectivity index (χ2n) is 4.85. The van der Waals surface area contributed by atoms with Gasteiger partial charge in [-0.2, -0.15) is 0 Å². The predicted octanol–water partition coefficient (Wildman–Crippen LogP) is 5.79. The lowest BCUT2D eigenvalue weighted by atomic mass is 10.00. The molecule has 0 saturated heterocycles. The van der Waals surface area contributed by atoms with Gasteiger partial charge in [0.1, 0.15) is 5.75 Å². The summed E-state index contributed by atoms with van der Waals surface area (Å²) in [7, 11) is 0. The van der Waals surface area contributed by atoms with Crippen LogP contribution in [-0.4, -0.2) is 6.61 Å². The van der Waals surface area contributed by atoms with Crippen LogP contribution >= 0.6 is 27.5 Å². The number of benzene rings is 2. The molecule has 106 valence electrons. The molecule has 2 aromatic carbocycles. The minimum atomic E-state index is -0.205. The van der Waals surface area contributed by atoms with E-state index in [1.165, 1.54) is 11.1 Å². The van der Waals surface area contributed by atoms with E-state index in [1.54, 1.807) is 0 Å². The van der Waals surface area contributed by atoms with Crippen molar-refractivity contribution in [1.29, 1.82) is 0 Å². The first kappa shape index (κ1) is 15.4. The van der Waals surface area contributed by atoms with E-state index in [2.05, 4.69) is 41.9 Å². The number of halogens is 2. The molecular formula is C17H18BrClO. The third kappa shape index (κ3) is 3.36. The van der Waals surface area contributed by atoms with Crippen LogP contribution in [0, 0.1) is 13.8 Å². The number of ether oxygens (including phenoxy) is 1. The van der Waals surface area contributed by atoms with Crippen LogP contribution in [-0.2, 0) is 0 Å². The summed E-state index contributed by atoms with van der Waals surface area (Å²) in [6.07, 6.45) is 0. The van der Waals surface area contributed by atoms with Gasteiger partial charge in [-0.05, 0) is 44.0 Å². The summed E-state index contributed by atoms with van der Waals surface area (Å²) in [6.45, 7) is 6.75. The summed E-state index contributed by atoms with van der Waals surface area (Å²) < 4.78 is 6.79. The highest BCUT2D eigenvalue weighted by molar-refractivity contribution is 9.10. The van der Waals surface area contributed by atoms with Gasteiger partial charge in [0.25, 0.3) is 0 Å². The minimum absolute atomic E-state index is 0.205. The average molecular weight is 354 g/mol. The molecule has 0 fully saturated rings. The second kappa shape index (κ2) is 6.64. The lowest BCUT2D eigenvalue weighted by Gasteiger charge is -2.17. The molecule has 0 aliphatic rings. The molecule has 0 heterocycles. The fourth-order valence-electron chi connectivity index (χ4n) is 2.16.